The predicted octanol–water partition coefficient (Wildman–Crippen LogP) is 0.335. The summed E-state index contributed by atoms with van der Waals surface area (Å²) >= 11 is 0. The number of aliphatic hydroxyl groups excluding tert-OH is 1. The topological polar surface area (TPSA) is 82.9 Å². The molecule has 1 atom stereocenters. The van der Waals surface area contributed by atoms with Crippen LogP contribution in [-0.2, 0) is 0 Å². The van der Waals surface area contributed by atoms with Gasteiger partial charge in [0.05, 0.1) is 11.3 Å². The summed E-state index contributed by atoms with van der Waals surface area (Å²) in [5.74, 6) is 0. The lowest BCUT2D eigenvalue weighted by Gasteiger charge is -2.08. The van der Waals surface area contributed by atoms with E-state index in [1.165, 1.54) is 6.20 Å². The molecule has 68 valence electrons. The maximum Gasteiger partial charge on any atom is 0.101 e. The van der Waals surface area contributed by atoms with Gasteiger partial charge in [0.2, 0.25) is 0 Å². The Morgan fingerprint density at radius 2 is 2.38 bits per heavy atom. The summed E-state index contributed by atoms with van der Waals surface area (Å²) in [5.41, 5.74) is 6.91. The Hall–Kier alpha value is -1.44. The van der Waals surface area contributed by atoms with Crippen LogP contribution in [0, 0.1) is 11.3 Å². The molecule has 0 bridgehead atoms. The number of aliphatic hydroxyl groups is 1. The van der Waals surface area contributed by atoms with Gasteiger partial charge in [-0.25, -0.2) is 0 Å². The number of hydrogen-bond donors (Lipinski definition) is 2. The highest BCUT2D eigenvalue weighted by atomic mass is 16.3. The van der Waals surface area contributed by atoms with Gasteiger partial charge in [0.25, 0.3) is 0 Å². The molecule has 0 aromatic carbocycles. The van der Waals surface area contributed by atoms with E-state index in [2.05, 4.69) is 4.98 Å². The molecule has 0 saturated carbocycles. The molecule has 1 aromatic rings. The third-order valence-corrected chi connectivity index (χ3v) is 1.74. The first kappa shape index (κ1) is 9.65. The number of aromatic nitrogens is 1. The fourth-order valence-corrected chi connectivity index (χ4v) is 0.978. The van der Waals surface area contributed by atoms with Crippen molar-refractivity contribution < 1.29 is 5.11 Å². The van der Waals surface area contributed by atoms with Crippen LogP contribution in [0.25, 0.3) is 0 Å². The van der Waals surface area contributed by atoms with Crippen LogP contribution in [-0.4, -0.2) is 16.7 Å². The van der Waals surface area contributed by atoms with Crippen molar-refractivity contribution in [1.29, 1.82) is 5.26 Å². The molecule has 0 spiro atoms. The van der Waals surface area contributed by atoms with Gasteiger partial charge in [0.1, 0.15) is 6.07 Å². The number of pyridine rings is 1. The largest absolute Gasteiger partial charge is 0.396 e. The van der Waals surface area contributed by atoms with Gasteiger partial charge in [0.15, 0.2) is 0 Å². The van der Waals surface area contributed by atoms with Crippen LogP contribution in [0.5, 0.6) is 0 Å². The van der Waals surface area contributed by atoms with Crippen LogP contribution in [0.1, 0.15) is 23.7 Å². The summed E-state index contributed by atoms with van der Waals surface area (Å²) in [6.45, 7) is 0.0445. The van der Waals surface area contributed by atoms with E-state index in [-0.39, 0.29) is 12.6 Å². The lowest BCUT2D eigenvalue weighted by atomic mass is 10.1. The zero-order valence-corrected chi connectivity index (χ0v) is 7.14. The molecule has 0 aliphatic carbocycles. The molecule has 1 heterocycles. The molecule has 1 rings (SSSR count). The van der Waals surface area contributed by atoms with Crippen molar-refractivity contribution in [2.75, 3.05) is 6.61 Å². The first-order chi connectivity index (χ1) is 6.27. The number of hydrogen-bond acceptors (Lipinski definition) is 4. The monoisotopic (exact) mass is 177 g/mol. The average molecular weight is 177 g/mol. The van der Waals surface area contributed by atoms with E-state index in [4.69, 9.17) is 16.1 Å². The Balaban J connectivity index is 2.75. The second-order valence-corrected chi connectivity index (χ2v) is 2.70. The van der Waals surface area contributed by atoms with E-state index < -0.39 is 0 Å². The normalized spacial score (nSPS) is 12.1. The zero-order chi connectivity index (χ0) is 9.68. The van der Waals surface area contributed by atoms with Crippen molar-refractivity contribution in [1.82, 2.24) is 4.98 Å². The third kappa shape index (κ3) is 2.51. The van der Waals surface area contributed by atoms with E-state index in [1.807, 2.05) is 6.07 Å². The van der Waals surface area contributed by atoms with Gasteiger partial charge in [-0.2, -0.15) is 5.26 Å². The number of rotatable bonds is 3. The second kappa shape index (κ2) is 4.55. The molecule has 0 fully saturated rings. The Morgan fingerprint density at radius 3 is 2.85 bits per heavy atom. The maximum absolute atomic E-state index is 8.64. The van der Waals surface area contributed by atoms with E-state index >= 15 is 0 Å². The van der Waals surface area contributed by atoms with Crippen molar-refractivity contribution in [2.45, 2.75) is 12.5 Å². The summed E-state index contributed by atoms with van der Waals surface area (Å²) in [6.07, 6.45) is 1.96. The molecule has 0 saturated heterocycles. The van der Waals surface area contributed by atoms with Crippen LogP contribution >= 0.6 is 0 Å². The first-order valence-electron chi connectivity index (χ1n) is 4.00. The lowest BCUT2D eigenvalue weighted by molar-refractivity contribution is 0.275. The van der Waals surface area contributed by atoms with Gasteiger partial charge in [-0.1, -0.05) is 0 Å². The van der Waals surface area contributed by atoms with Crippen molar-refractivity contribution in [3.8, 4) is 6.07 Å². The molecular formula is C9H11N3O. The van der Waals surface area contributed by atoms with Crippen molar-refractivity contribution in [3.63, 3.8) is 0 Å². The van der Waals surface area contributed by atoms with Crippen molar-refractivity contribution in [2.24, 2.45) is 5.73 Å². The van der Waals surface area contributed by atoms with Gasteiger partial charge in [-0.15, -0.1) is 0 Å². The Kier molecular flexibility index (Phi) is 3.38. The van der Waals surface area contributed by atoms with Crippen LogP contribution in [0.3, 0.4) is 0 Å². The number of nitriles is 1. The summed E-state index contributed by atoms with van der Waals surface area (Å²) < 4.78 is 0. The number of nitrogens with zero attached hydrogens (tertiary/aromatic N) is 2. The minimum absolute atomic E-state index is 0.0445. The quantitative estimate of drug-likeness (QED) is 0.697. The van der Waals surface area contributed by atoms with Crippen LogP contribution in [0.15, 0.2) is 18.3 Å². The van der Waals surface area contributed by atoms with Gasteiger partial charge >= 0.3 is 0 Å². The Morgan fingerprint density at radius 1 is 1.62 bits per heavy atom. The van der Waals surface area contributed by atoms with Crippen molar-refractivity contribution >= 4 is 0 Å². The first-order valence-corrected chi connectivity index (χ1v) is 4.00. The SMILES string of the molecule is N#Cc1ccc([C@H](N)CCO)nc1. The molecule has 4 nitrogen and oxygen atoms in total. The van der Waals surface area contributed by atoms with E-state index in [1.54, 1.807) is 12.1 Å². The molecule has 0 aliphatic rings. The van der Waals surface area contributed by atoms with Crippen LogP contribution in [0.2, 0.25) is 0 Å². The van der Waals surface area contributed by atoms with Gasteiger partial charge in [-0.3, -0.25) is 4.98 Å². The fourth-order valence-electron chi connectivity index (χ4n) is 0.978. The summed E-state index contributed by atoms with van der Waals surface area (Å²) in [7, 11) is 0. The van der Waals surface area contributed by atoms with Crippen LogP contribution in [0.4, 0.5) is 0 Å². The minimum atomic E-state index is -0.252. The number of nitrogens with two attached hydrogens (primary N) is 1. The molecular weight excluding hydrogens is 166 g/mol. The maximum atomic E-state index is 8.64. The molecule has 4 heteroatoms. The van der Waals surface area contributed by atoms with E-state index in [0.29, 0.717) is 17.7 Å². The summed E-state index contributed by atoms with van der Waals surface area (Å²) in [6, 6.07) is 5.09. The Bertz CT molecular complexity index is 302. The van der Waals surface area contributed by atoms with Gasteiger partial charge in [-0.05, 0) is 18.6 Å². The highest BCUT2D eigenvalue weighted by Crippen LogP contribution is 2.10. The molecule has 0 radical (unpaired) electrons. The zero-order valence-electron chi connectivity index (χ0n) is 7.14. The third-order valence-electron chi connectivity index (χ3n) is 1.74. The summed E-state index contributed by atoms with van der Waals surface area (Å²) in [4.78, 5) is 4.01. The second-order valence-electron chi connectivity index (χ2n) is 2.70. The Labute approximate surface area is 76.6 Å². The summed E-state index contributed by atoms with van der Waals surface area (Å²) in [5, 5.41) is 17.1. The molecule has 0 unspecified atom stereocenters. The van der Waals surface area contributed by atoms with E-state index in [0.717, 1.165) is 0 Å². The highest BCUT2D eigenvalue weighted by Gasteiger charge is 2.05. The lowest BCUT2D eigenvalue weighted by Crippen LogP contribution is -2.13. The fraction of sp³-hybridized carbons (Fsp3) is 0.333. The molecule has 13 heavy (non-hydrogen) atoms. The molecule has 0 amide bonds. The van der Waals surface area contributed by atoms with Gasteiger partial charge in [0, 0.05) is 18.8 Å². The highest BCUT2D eigenvalue weighted by molar-refractivity contribution is 5.27. The minimum Gasteiger partial charge on any atom is -0.396 e. The molecule has 3 N–H and O–H groups in total. The predicted molar refractivity (Wildman–Crippen MR) is 47.6 cm³/mol. The van der Waals surface area contributed by atoms with Crippen LogP contribution < -0.4 is 5.73 Å². The average Bonchev–Trinajstić information content (AvgIpc) is 2.18. The molecule has 1 aromatic heterocycles. The van der Waals surface area contributed by atoms with Crippen molar-refractivity contribution in [3.05, 3.63) is 29.6 Å². The standard InChI is InChI=1S/C9H11N3O/c10-5-7-1-2-9(12-6-7)8(11)3-4-13/h1-2,6,8,13H,3-4,11H2/t8-/m1/s1. The smallest absolute Gasteiger partial charge is 0.101 e. The van der Waals surface area contributed by atoms with Gasteiger partial charge < -0.3 is 10.8 Å². The molecule has 0 aliphatic heterocycles. The van der Waals surface area contributed by atoms with E-state index in [9.17, 15) is 0 Å².